The second-order valence-electron chi connectivity index (χ2n) is 8.75. The zero-order valence-corrected chi connectivity index (χ0v) is 18.5. The van der Waals surface area contributed by atoms with Crippen molar-refractivity contribution in [1.29, 1.82) is 0 Å². The van der Waals surface area contributed by atoms with E-state index in [1.165, 1.54) is 36.1 Å². The van der Waals surface area contributed by atoms with Gasteiger partial charge in [0, 0.05) is 37.6 Å². The average molecular weight is 416 g/mol. The fraction of sp³-hybridized carbons (Fsp3) is 0.370. The molecule has 1 aliphatic rings. The number of rotatable bonds is 8. The number of likely N-dealkylation sites (tertiary alicyclic amines) is 1. The Morgan fingerprint density at radius 2 is 1.65 bits per heavy atom. The lowest BCUT2D eigenvalue weighted by atomic mass is 9.90. The molecule has 0 radical (unpaired) electrons. The summed E-state index contributed by atoms with van der Waals surface area (Å²) < 4.78 is 0. The number of nitrogens with one attached hydrogen (secondary N) is 1. The molecule has 31 heavy (non-hydrogen) atoms. The summed E-state index contributed by atoms with van der Waals surface area (Å²) in [6, 6.07) is 23.4. The summed E-state index contributed by atoms with van der Waals surface area (Å²) in [4.78, 5) is 19.5. The lowest BCUT2D eigenvalue weighted by Crippen LogP contribution is -2.35. The van der Waals surface area contributed by atoms with Crippen molar-refractivity contribution in [2.45, 2.75) is 38.8 Å². The van der Waals surface area contributed by atoms with E-state index < -0.39 is 0 Å². The number of nitrogens with zero attached hydrogens (tertiary/aromatic N) is 2. The third-order valence-electron chi connectivity index (χ3n) is 6.49. The molecule has 0 amide bonds. The van der Waals surface area contributed by atoms with E-state index in [-0.39, 0.29) is 5.56 Å². The molecule has 4 heteroatoms. The van der Waals surface area contributed by atoms with Crippen LogP contribution >= 0.6 is 0 Å². The zero-order valence-electron chi connectivity index (χ0n) is 18.5. The van der Waals surface area contributed by atoms with Crippen LogP contribution in [0.15, 0.2) is 77.7 Å². The Labute approximate surface area is 185 Å². The molecule has 162 valence electrons. The molecule has 1 aromatic heterocycles. The minimum atomic E-state index is 0.0425. The van der Waals surface area contributed by atoms with Gasteiger partial charge in [-0.25, -0.2) is 0 Å². The number of H-pyrrole nitrogens is 1. The third kappa shape index (κ3) is 5.86. The van der Waals surface area contributed by atoms with Crippen molar-refractivity contribution in [2.24, 2.45) is 5.92 Å². The summed E-state index contributed by atoms with van der Waals surface area (Å²) in [6.45, 7) is 3.84. The van der Waals surface area contributed by atoms with Crippen LogP contribution in [-0.2, 0) is 19.5 Å². The highest BCUT2D eigenvalue weighted by Gasteiger charge is 2.20. The summed E-state index contributed by atoms with van der Waals surface area (Å²) in [5.41, 5.74) is 5.04. The van der Waals surface area contributed by atoms with Gasteiger partial charge >= 0.3 is 0 Å². The number of para-hydroxylation sites is 1. The molecule has 3 aromatic rings. The molecule has 1 saturated heterocycles. The normalized spacial score (nSPS) is 15.1. The fourth-order valence-electron chi connectivity index (χ4n) is 4.65. The molecule has 0 aliphatic carbocycles. The van der Waals surface area contributed by atoms with Crippen LogP contribution in [0.25, 0.3) is 0 Å². The van der Waals surface area contributed by atoms with Gasteiger partial charge in [-0.05, 0) is 68.0 Å². The van der Waals surface area contributed by atoms with E-state index in [1.54, 1.807) is 6.20 Å². The van der Waals surface area contributed by atoms with E-state index in [1.807, 2.05) is 12.1 Å². The Bertz CT molecular complexity index is 1010. The van der Waals surface area contributed by atoms with Gasteiger partial charge in [0.15, 0.2) is 0 Å². The van der Waals surface area contributed by atoms with Gasteiger partial charge in [0.2, 0.25) is 0 Å². The number of aromatic nitrogens is 1. The van der Waals surface area contributed by atoms with Crippen LogP contribution in [0.3, 0.4) is 0 Å². The van der Waals surface area contributed by atoms with Gasteiger partial charge in [0.25, 0.3) is 5.56 Å². The molecule has 0 unspecified atom stereocenters. The summed E-state index contributed by atoms with van der Waals surface area (Å²) in [5, 5.41) is 0. The topological polar surface area (TPSA) is 39.3 Å². The maximum absolute atomic E-state index is 11.9. The van der Waals surface area contributed by atoms with E-state index in [2.05, 4.69) is 76.4 Å². The van der Waals surface area contributed by atoms with Crippen molar-refractivity contribution in [3.8, 4) is 0 Å². The van der Waals surface area contributed by atoms with Crippen LogP contribution in [0, 0.1) is 5.92 Å². The summed E-state index contributed by atoms with van der Waals surface area (Å²) in [7, 11) is 2.19. The number of pyridine rings is 1. The first-order valence-corrected chi connectivity index (χ1v) is 11.4. The lowest BCUT2D eigenvalue weighted by Gasteiger charge is -2.32. The van der Waals surface area contributed by atoms with Crippen molar-refractivity contribution < 1.29 is 0 Å². The first kappa shape index (κ1) is 21.4. The molecule has 0 spiro atoms. The van der Waals surface area contributed by atoms with E-state index in [0.29, 0.717) is 0 Å². The molecule has 2 aromatic carbocycles. The first-order valence-electron chi connectivity index (χ1n) is 11.4. The Balaban J connectivity index is 1.29. The largest absolute Gasteiger partial charge is 0.370 e. The van der Waals surface area contributed by atoms with Crippen molar-refractivity contribution in [3.05, 3.63) is 100.0 Å². The number of anilines is 1. The standard InChI is InChI=1S/C27H33N3O/c1-29(20-23-8-3-2-4-9-23)26-12-6-5-10-24(26)14-13-22-15-18-30(19-16-22)21-25-11-7-17-28-27(25)31/h2-12,17,22H,13-16,18-21H2,1H3,(H,28,31). The van der Waals surface area contributed by atoms with Gasteiger partial charge in [-0.15, -0.1) is 0 Å². The first-order chi connectivity index (χ1) is 15.2. The van der Waals surface area contributed by atoms with Crippen LogP contribution < -0.4 is 10.5 Å². The van der Waals surface area contributed by atoms with Crippen LogP contribution in [-0.4, -0.2) is 30.0 Å². The molecule has 0 atom stereocenters. The molecular weight excluding hydrogens is 382 g/mol. The molecule has 0 saturated carbocycles. The maximum Gasteiger partial charge on any atom is 0.252 e. The van der Waals surface area contributed by atoms with Crippen LogP contribution in [0.5, 0.6) is 0 Å². The highest BCUT2D eigenvalue weighted by Crippen LogP contribution is 2.27. The van der Waals surface area contributed by atoms with E-state index in [0.717, 1.165) is 44.1 Å². The van der Waals surface area contributed by atoms with Crippen LogP contribution in [0.2, 0.25) is 0 Å². The number of benzene rings is 2. The van der Waals surface area contributed by atoms with Gasteiger partial charge in [0.05, 0.1) is 0 Å². The number of hydrogen-bond donors (Lipinski definition) is 1. The summed E-state index contributed by atoms with van der Waals surface area (Å²) in [6.07, 6.45) is 6.49. The zero-order chi connectivity index (χ0) is 21.5. The molecule has 4 rings (SSSR count). The van der Waals surface area contributed by atoms with E-state index >= 15 is 0 Å². The monoisotopic (exact) mass is 415 g/mol. The van der Waals surface area contributed by atoms with Gasteiger partial charge in [-0.3, -0.25) is 9.69 Å². The third-order valence-corrected chi connectivity index (χ3v) is 6.49. The molecular formula is C27H33N3O. The number of hydrogen-bond acceptors (Lipinski definition) is 3. The second kappa shape index (κ2) is 10.5. The Kier molecular flexibility index (Phi) is 7.21. The van der Waals surface area contributed by atoms with E-state index in [4.69, 9.17) is 0 Å². The summed E-state index contributed by atoms with van der Waals surface area (Å²) in [5.74, 6) is 0.762. The smallest absolute Gasteiger partial charge is 0.252 e. The van der Waals surface area contributed by atoms with Crippen molar-refractivity contribution >= 4 is 5.69 Å². The average Bonchev–Trinajstić information content (AvgIpc) is 2.81. The van der Waals surface area contributed by atoms with Crippen LogP contribution in [0.1, 0.15) is 36.0 Å². The highest BCUT2D eigenvalue weighted by atomic mass is 16.1. The highest BCUT2D eigenvalue weighted by molar-refractivity contribution is 5.53. The SMILES string of the molecule is CN(Cc1ccccc1)c1ccccc1CCC1CCN(Cc2ccc[nH]c2=O)CC1. The minimum Gasteiger partial charge on any atom is -0.370 e. The fourth-order valence-corrected chi connectivity index (χ4v) is 4.65. The minimum absolute atomic E-state index is 0.0425. The van der Waals surface area contributed by atoms with Crippen molar-refractivity contribution in [1.82, 2.24) is 9.88 Å². The second-order valence-corrected chi connectivity index (χ2v) is 8.75. The number of piperidine rings is 1. The Hall–Kier alpha value is -2.85. The van der Waals surface area contributed by atoms with Gasteiger partial charge in [-0.1, -0.05) is 54.6 Å². The van der Waals surface area contributed by atoms with E-state index in [9.17, 15) is 4.79 Å². The predicted molar refractivity (Wildman–Crippen MR) is 128 cm³/mol. The Morgan fingerprint density at radius 3 is 2.42 bits per heavy atom. The van der Waals surface area contributed by atoms with Crippen LogP contribution in [0.4, 0.5) is 5.69 Å². The molecule has 0 bridgehead atoms. The van der Waals surface area contributed by atoms with Gasteiger partial charge in [0.1, 0.15) is 0 Å². The molecule has 1 aliphatic heterocycles. The van der Waals surface area contributed by atoms with Crippen molar-refractivity contribution in [3.63, 3.8) is 0 Å². The number of aryl methyl sites for hydroxylation is 1. The van der Waals surface area contributed by atoms with Gasteiger partial charge < -0.3 is 9.88 Å². The maximum atomic E-state index is 11.9. The quantitative estimate of drug-likeness (QED) is 0.571. The predicted octanol–water partition coefficient (Wildman–Crippen LogP) is 4.86. The van der Waals surface area contributed by atoms with Crippen molar-refractivity contribution in [2.75, 3.05) is 25.0 Å². The molecule has 1 fully saturated rings. The summed E-state index contributed by atoms with van der Waals surface area (Å²) >= 11 is 0. The molecule has 1 N–H and O–H groups in total. The lowest BCUT2D eigenvalue weighted by molar-refractivity contribution is 0.172. The number of aromatic amines is 1. The van der Waals surface area contributed by atoms with Gasteiger partial charge in [-0.2, -0.15) is 0 Å². The molecule has 4 nitrogen and oxygen atoms in total. The Morgan fingerprint density at radius 1 is 0.935 bits per heavy atom. The molecule has 2 heterocycles.